The maximum atomic E-state index is 10.5. The van der Waals surface area contributed by atoms with Crippen LogP contribution >= 0.6 is 11.8 Å². The van der Waals surface area contributed by atoms with Crippen LogP contribution in [0.3, 0.4) is 0 Å². The largest absolute Gasteiger partial charge is 0.481 e. The second kappa shape index (κ2) is 2.46. The van der Waals surface area contributed by atoms with E-state index in [4.69, 9.17) is 5.11 Å². The summed E-state index contributed by atoms with van der Waals surface area (Å²) in [6.07, 6.45) is 0.812. The van der Waals surface area contributed by atoms with E-state index in [1.165, 1.54) is 0 Å². The van der Waals surface area contributed by atoms with Gasteiger partial charge in [0.1, 0.15) is 0 Å². The Balaban J connectivity index is 2.51. The van der Waals surface area contributed by atoms with Crippen LogP contribution in [0.1, 0.15) is 20.3 Å². The molecular weight excluding hydrogens is 148 g/mol. The van der Waals surface area contributed by atoms with Gasteiger partial charge in [-0.3, -0.25) is 4.79 Å². The summed E-state index contributed by atoms with van der Waals surface area (Å²) < 4.78 is 0.184. The highest BCUT2D eigenvalue weighted by Gasteiger charge is 2.35. The quantitative estimate of drug-likeness (QED) is 0.633. The third-order valence-electron chi connectivity index (χ3n) is 1.76. The van der Waals surface area contributed by atoms with Crippen molar-refractivity contribution in [3.8, 4) is 0 Å². The number of aliphatic carboxylic acids is 1. The van der Waals surface area contributed by atoms with Crippen LogP contribution in [-0.2, 0) is 4.79 Å². The second-order valence-electron chi connectivity index (χ2n) is 3.31. The standard InChI is InChI=1S/C7H12O2S/c1-7(2)3-5(4-10-7)6(8)9/h5H,3-4H2,1-2H3,(H,8,9)/t5-/m0/s1. The lowest BCUT2D eigenvalue weighted by atomic mass is 9.99. The van der Waals surface area contributed by atoms with Gasteiger partial charge in [0.05, 0.1) is 5.92 Å². The molecule has 0 radical (unpaired) electrons. The Morgan fingerprint density at radius 1 is 1.70 bits per heavy atom. The molecular formula is C7H12O2S. The lowest BCUT2D eigenvalue weighted by Gasteiger charge is -2.14. The Hall–Kier alpha value is -0.180. The molecule has 2 nitrogen and oxygen atoms in total. The molecule has 3 heteroatoms. The highest BCUT2D eigenvalue weighted by Crippen LogP contribution is 2.40. The van der Waals surface area contributed by atoms with E-state index >= 15 is 0 Å². The first-order valence-electron chi connectivity index (χ1n) is 3.38. The maximum Gasteiger partial charge on any atom is 0.307 e. The Morgan fingerprint density at radius 2 is 2.30 bits per heavy atom. The average Bonchev–Trinajstić information content (AvgIpc) is 2.10. The number of carboxylic acids is 1. The van der Waals surface area contributed by atoms with Crippen LogP contribution in [0.5, 0.6) is 0 Å². The SMILES string of the molecule is CC1(C)C[C@H](C(=O)O)CS1. The molecule has 1 fully saturated rings. The van der Waals surface area contributed by atoms with Gasteiger partial charge in [0.15, 0.2) is 0 Å². The average molecular weight is 160 g/mol. The predicted molar refractivity (Wildman–Crippen MR) is 42.3 cm³/mol. The summed E-state index contributed by atoms with van der Waals surface area (Å²) in [6.45, 7) is 4.20. The van der Waals surface area contributed by atoms with Crippen LogP contribution in [0, 0.1) is 5.92 Å². The number of hydrogen-bond acceptors (Lipinski definition) is 2. The summed E-state index contributed by atoms with van der Waals surface area (Å²) >= 11 is 1.76. The molecule has 0 aromatic rings. The number of carbonyl (C=O) groups is 1. The molecule has 0 amide bonds. The van der Waals surface area contributed by atoms with Crippen LogP contribution in [0.25, 0.3) is 0 Å². The minimum absolute atomic E-state index is 0.111. The molecule has 10 heavy (non-hydrogen) atoms. The van der Waals surface area contributed by atoms with Gasteiger partial charge in [-0.25, -0.2) is 0 Å². The van der Waals surface area contributed by atoms with E-state index in [2.05, 4.69) is 13.8 Å². The third kappa shape index (κ3) is 1.66. The summed E-state index contributed by atoms with van der Waals surface area (Å²) in [5.41, 5.74) is 0. The summed E-state index contributed by atoms with van der Waals surface area (Å²) in [5.74, 6) is 0.0283. The smallest absolute Gasteiger partial charge is 0.307 e. The van der Waals surface area contributed by atoms with E-state index in [0.29, 0.717) is 0 Å². The first-order chi connectivity index (χ1) is 4.51. The minimum atomic E-state index is -0.641. The van der Waals surface area contributed by atoms with Gasteiger partial charge >= 0.3 is 5.97 Å². The molecule has 0 spiro atoms. The molecule has 0 aliphatic carbocycles. The molecule has 0 aromatic heterocycles. The normalized spacial score (nSPS) is 30.4. The number of rotatable bonds is 1. The molecule has 1 aliphatic heterocycles. The molecule has 1 rings (SSSR count). The molecule has 1 aliphatic rings. The first-order valence-corrected chi connectivity index (χ1v) is 4.36. The van der Waals surface area contributed by atoms with Crippen LogP contribution in [-0.4, -0.2) is 21.6 Å². The molecule has 0 saturated carbocycles. The number of thioether (sulfide) groups is 1. The zero-order chi connectivity index (χ0) is 7.78. The van der Waals surface area contributed by atoms with Crippen molar-refractivity contribution in [3.63, 3.8) is 0 Å². The van der Waals surface area contributed by atoms with Crippen LogP contribution < -0.4 is 0 Å². The molecule has 1 saturated heterocycles. The monoisotopic (exact) mass is 160 g/mol. The Kier molecular flexibility index (Phi) is 1.95. The van der Waals surface area contributed by atoms with Crippen LogP contribution in [0.15, 0.2) is 0 Å². The first kappa shape index (κ1) is 7.92. The van der Waals surface area contributed by atoms with Crippen molar-refractivity contribution in [1.29, 1.82) is 0 Å². The van der Waals surface area contributed by atoms with E-state index in [-0.39, 0.29) is 10.7 Å². The number of hydrogen-bond donors (Lipinski definition) is 1. The summed E-state index contributed by atoms with van der Waals surface area (Å²) in [6, 6.07) is 0. The van der Waals surface area contributed by atoms with Crippen molar-refractivity contribution >= 4 is 17.7 Å². The maximum absolute atomic E-state index is 10.5. The Morgan fingerprint density at radius 3 is 2.50 bits per heavy atom. The Labute approximate surface area is 65.0 Å². The fraction of sp³-hybridized carbons (Fsp3) is 0.857. The number of carboxylic acid groups (broad SMARTS) is 1. The topological polar surface area (TPSA) is 37.3 Å². The van der Waals surface area contributed by atoms with Crippen LogP contribution in [0.2, 0.25) is 0 Å². The summed E-state index contributed by atoms with van der Waals surface area (Å²) in [4.78, 5) is 10.5. The van der Waals surface area contributed by atoms with Gasteiger partial charge in [0.25, 0.3) is 0 Å². The molecule has 0 bridgehead atoms. The molecule has 1 heterocycles. The van der Waals surface area contributed by atoms with Gasteiger partial charge in [-0.2, -0.15) is 11.8 Å². The van der Waals surface area contributed by atoms with E-state index < -0.39 is 5.97 Å². The van der Waals surface area contributed by atoms with Crippen molar-refractivity contribution in [1.82, 2.24) is 0 Å². The highest BCUT2D eigenvalue weighted by atomic mass is 32.2. The second-order valence-corrected chi connectivity index (χ2v) is 5.04. The molecule has 58 valence electrons. The zero-order valence-electron chi connectivity index (χ0n) is 6.26. The fourth-order valence-corrected chi connectivity index (χ4v) is 2.43. The molecule has 1 N–H and O–H groups in total. The van der Waals surface area contributed by atoms with Crippen LogP contribution in [0.4, 0.5) is 0 Å². The van der Waals surface area contributed by atoms with Gasteiger partial charge < -0.3 is 5.11 Å². The minimum Gasteiger partial charge on any atom is -0.481 e. The van der Waals surface area contributed by atoms with E-state index in [9.17, 15) is 4.79 Å². The van der Waals surface area contributed by atoms with E-state index in [0.717, 1.165) is 12.2 Å². The fourth-order valence-electron chi connectivity index (χ4n) is 1.20. The van der Waals surface area contributed by atoms with Gasteiger partial charge in [-0.1, -0.05) is 13.8 Å². The van der Waals surface area contributed by atoms with Crippen molar-refractivity contribution in [2.24, 2.45) is 5.92 Å². The Bertz CT molecular complexity index is 154. The van der Waals surface area contributed by atoms with Crippen molar-refractivity contribution in [2.75, 3.05) is 5.75 Å². The molecule has 0 aromatic carbocycles. The van der Waals surface area contributed by atoms with Crippen molar-refractivity contribution in [2.45, 2.75) is 25.0 Å². The lowest BCUT2D eigenvalue weighted by Crippen LogP contribution is -2.16. The van der Waals surface area contributed by atoms with Crippen molar-refractivity contribution < 1.29 is 9.90 Å². The van der Waals surface area contributed by atoms with E-state index in [1.807, 2.05) is 0 Å². The van der Waals surface area contributed by atoms with Gasteiger partial charge in [-0.15, -0.1) is 0 Å². The van der Waals surface area contributed by atoms with Gasteiger partial charge in [-0.05, 0) is 6.42 Å². The highest BCUT2D eigenvalue weighted by molar-refractivity contribution is 8.00. The summed E-state index contributed by atoms with van der Waals surface area (Å²) in [5, 5.41) is 8.63. The van der Waals surface area contributed by atoms with Crippen molar-refractivity contribution in [3.05, 3.63) is 0 Å². The lowest BCUT2D eigenvalue weighted by molar-refractivity contribution is -0.141. The molecule has 1 atom stereocenters. The summed E-state index contributed by atoms with van der Waals surface area (Å²) in [7, 11) is 0. The van der Waals surface area contributed by atoms with Gasteiger partial charge in [0, 0.05) is 10.5 Å². The predicted octanol–water partition coefficient (Wildman–Crippen LogP) is 1.60. The zero-order valence-corrected chi connectivity index (χ0v) is 7.07. The van der Waals surface area contributed by atoms with E-state index in [1.54, 1.807) is 11.8 Å². The van der Waals surface area contributed by atoms with Gasteiger partial charge in [0.2, 0.25) is 0 Å². The third-order valence-corrected chi connectivity index (χ3v) is 3.28. The molecule has 0 unspecified atom stereocenters.